The van der Waals surface area contributed by atoms with Crippen molar-refractivity contribution in [3.05, 3.63) is 0 Å². The fourth-order valence-electron chi connectivity index (χ4n) is 0.708. The van der Waals surface area contributed by atoms with E-state index < -0.39 is 0 Å². The number of carbonyl (C=O) groups excluding carboxylic acids is 1. The fraction of sp³-hybridized carbons (Fsp3) is 0.714. The van der Waals surface area contributed by atoms with Crippen LogP contribution < -0.4 is 5.73 Å². The van der Waals surface area contributed by atoms with E-state index in [2.05, 4.69) is 0 Å². The summed E-state index contributed by atoms with van der Waals surface area (Å²) in [6, 6.07) is 0. The standard InChI is InChI=1S/C7H15N3O/c1-3-4-6(11)5-10(2)7(8)9/h3-5H2,1-2H3,(H3,8,9). The van der Waals surface area contributed by atoms with Gasteiger partial charge in [-0.1, -0.05) is 6.92 Å². The van der Waals surface area contributed by atoms with Crippen molar-refractivity contribution < 1.29 is 4.79 Å². The van der Waals surface area contributed by atoms with Crippen LogP contribution in [0.2, 0.25) is 0 Å². The number of nitrogens with zero attached hydrogens (tertiary/aromatic N) is 1. The van der Waals surface area contributed by atoms with Crippen LogP contribution in [0.5, 0.6) is 0 Å². The largest absolute Gasteiger partial charge is 0.370 e. The zero-order chi connectivity index (χ0) is 8.85. The number of guanidine groups is 1. The number of Topliss-reactive ketones (excluding diaryl/α,β-unsaturated/α-hetero) is 1. The Kier molecular flexibility index (Phi) is 4.26. The second kappa shape index (κ2) is 4.71. The van der Waals surface area contributed by atoms with Crippen molar-refractivity contribution in [2.75, 3.05) is 13.6 Å². The molecule has 0 unspecified atom stereocenters. The third-order valence-corrected chi connectivity index (χ3v) is 1.35. The maximum absolute atomic E-state index is 11.0. The molecule has 0 radical (unpaired) electrons. The molecular formula is C7H15N3O. The minimum Gasteiger partial charge on any atom is -0.370 e. The smallest absolute Gasteiger partial charge is 0.188 e. The molecule has 0 heterocycles. The van der Waals surface area contributed by atoms with Crippen molar-refractivity contribution in [2.45, 2.75) is 19.8 Å². The van der Waals surface area contributed by atoms with Crippen LogP contribution >= 0.6 is 0 Å². The molecule has 0 aromatic heterocycles. The number of nitrogens with two attached hydrogens (primary N) is 1. The summed E-state index contributed by atoms with van der Waals surface area (Å²) in [5.74, 6) is 0.0691. The second-order valence-corrected chi connectivity index (χ2v) is 2.53. The van der Waals surface area contributed by atoms with Gasteiger partial charge in [0.2, 0.25) is 0 Å². The molecule has 0 aromatic carbocycles. The van der Waals surface area contributed by atoms with E-state index in [9.17, 15) is 4.79 Å². The lowest BCUT2D eigenvalue weighted by Crippen LogP contribution is -2.36. The van der Waals surface area contributed by atoms with Gasteiger partial charge in [0, 0.05) is 13.5 Å². The first-order valence-corrected chi connectivity index (χ1v) is 3.64. The highest BCUT2D eigenvalue weighted by molar-refractivity contribution is 5.85. The molecule has 0 atom stereocenters. The van der Waals surface area contributed by atoms with Crippen LogP contribution in [0.3, 0.4) is 0 Å². The second-order valence-electron chi connectivity index (χ2n) is 2.53. The van der Waals surface area contributed by atoms with Gasteiger partial charge in [0.25, 0.3) is 0 Å². The number of ketones is 1. The topological polar surface area (TPSA) is 70.2 Å². The van der Waals surface area contributed by atoms with Crippen molar-refractivity contribution in [3.63, 3.8) is 0 Å². The van der Waals surface area contributed by atoms with Crippen molar-refractivity contribution in [1.29, 1.82) is 5.41 Å². The van der Waals surface area contributed by atoms with Crippen LogP contribution in [0.25, 0.3) is 0 Å². The molecule has 64 valence electrons. The van der Waals surface area contributed by atoms with E-state index in [0.717, 1.165) is 6.42 Å². The van der Waals surface area contributed by atoms with Crippen LogP contribution in [0, 0.1) is 5.41 Å². The molecule has 0 aliphatic rings. The lowest BCUT2D eigenvalue weighted by Gasteiger charge is -2.14. The summed E-state index contributed by atoms with van der Waals surface area (Å²) >= 11 is 0. The quantitative estimate of drug-likeness (QED) is 0.452. The van der Waals surface area contributed by atoms with E-state index in [0.29, 0.717) is 6.42 Å². The van der Waals surface area contributed by atoms with E-state index in [-0.39, 0.29) is 18.3 Å². The predicted molar refractivity (Wildman–Crippen MR) is 44.5 cm³/mol. The molecule has 3 N–H and O–H groups in total. The Hall–Kier alpha value is -1.06. The van der Waals surface area contributed by atoms with Gasteiger partial charge in [-0.15, -0.1) is 0 Å². The van der Waals surface area contributed by atoms with Gasteiger partial charge in [-0.2, -0.15) is 0 Å². The van der Waals surface area contributed by atoms with E-state index in [1.165, 1.54) is 4.90 Å². The predicted octanol–water partition coefficient (Wildman–Crippen LogP) is 0.181. The van der Waals surface area contributed by atoms with Crippen molar-refractivity contribution in [2.24, 2.45) is 5.73 Å². The average Bonchev–Trinajstić information content (AvgIpc) is 1.87. The highest BCUT2D eigenvalue weighted by atomic mass is 16.1. The van der Waals surface area contributed by atoms with Crippen molar-refractivity contribution >= 4 is 11.7 Å². The first kappa shape index (κ1) is 9.94. The summed E-state index contributed by atoms with van der Waals surface area (Å²) in [6.07, 6.45) is 1.42. The molecular weight excluding hydrogens is 142 g/mol. The number of hydrogen-bond acceptors (Lipinski definition) is 2. The Morgan fingerprint density at radius 3 is 2.55 bits per heavy atom. The summed E-state index contributed by atoms with van der Waals surface area (Å²) in [7, 11) is 1.63. The van der Waals surface area contributed by atoms with Gasteiger partial charge >= 0.3 is 0 Å². The minimum atomic E-state index is -0.0607. The Morgan fingerprint density at radius 1 is 1.64 bits per heavy atom. The normalized spacial score (nSPS) is 9.27. The first-order valence-electron chi connectivity index (χ1n) is 3.64. The van der Waals surface area contributed by atoms with E-state index in [4.69, 9.17) is 11.1 Å². The summed E-state index contributed by atoms with van der Waals surface area (Å²) < 4.78 is 0. The molecule has 0 aliphatic carbocycles. The Bertz CT molecular complexity index is 156. The molecule has 0 rings (SSSR count). The number of hydrogen-bond donors (Lipinski definition) is 2. The van der Waals surface area contributed by atoms with Gasteiger partial charge in [0.15, 0.2) is 11.7 Å². The molecule has 0 saturated carbocycles. The maximum atomic E-state index is 11.0. The van der Waals surface area contributed by atoms with Gasteiger partial charge in [0.05, 0.1) is 6.54 Å². The van der Waals surface area contributed by atoms with Gasteiger partial charge in [-0.05, 0) is 6.42 Å². The number of likely N-dealkylation sites (N-methyl/N-ethyl adjacent to an activating group) is 1. The molecule has 0 spiro atoms. The molecule has 4 nitrogen and oxygen atoms in total. The van der Waals surface area contributed by atoms with E-state index >= 15 is 0 Å². The molecule has 0 fully saturated rings. The summed E-state index contributed by atoms with van der Waals surface area (Å²) in [4.78, 5) is 12.4. The molecule has 0 aromatic rings. The molecule has 0 saturated heterocycles. The van der Waals surface area contributed by atoms with Crippen LogP contribution in [-0.2, 0) is 4.79 Å². The Balaban J connectivity index is 3.66. The summed E-state index contributed by atoms with van der Waals surface area (Å²) in [5.41, 5.74) is 5.14. The highest BCUT2D eigenvalue weighted by Crippen LogP contribution is 1.90. The average molecular weight is 157 g/mol. The summed E-state index contributed by atoms with van der Waals surface area (Å²) in [5, 5.41) is 6.98. The van der Waals surface area contributed by atoms with Gasteiger partial charge in [-0.25, -0.2) is 0 Å². The summed E-state index contributed by atoms with van der Waals surface area (Å²) in [6.45, 7) is 2.20. The Morgan fingerprint density at radius 2 is 2.18 bits per heavy atom. The van der Waals surface area contributed by atoms with Crippen LogP contribution in [0.15, 0.2) is 0 Å². The molecule has 0 amide bonds. The monoisotopic (exact) mass is 157 g/mol. The fourth-order valence-corrected chi connectivity index (χ4v) is 0.708. The third-order valence-electron chi connectivity index (χ3n) is 1.35. The molecule has 0 bridgehead atoms. The third kappa shape index (κ3) is 4.36. The highest BCUT2D eigenvalue weighted by Gasteiger charge is 2.05. The number of carbonyl (C=O) groups is 1. The maximum Gasteiger partial charge on any atom is 0.188 e. The minimum absolute atomic E-state index is 0.0607. The first-order chi connectivity index (χ1) is 5.07. The van der Waals surface area contributed by atoms with Gasteiger partial charge < -0.3 is 10.6 Å². The van der Waals surface area contributed by atoms with E-state index in [1.807, 2.05) is 6.92 Å². The van der Waals surface area contributed by atoms with Crippen molar-refractivity contribution in [1.82, 2.24) is 4.90 Å². The van der Waals surface area contributed by atoms with E-state index in [1.54, 1.807) is 7.05 Å². The lowest BCUT2D eigenvalue weighted by molar-refractivity contribution is -0.119. The van der Waals surface area contributed by atoms with Crippen LogP contribution in [0.4, 0.5) is 0 Å². The number of nitrogens with one attached hydrogen (secondary N) is 1. The SMILES string of the molecule is CCCC(=O)CN(C)C(=N)N. The van der Waals surface area contributed by atoms with Gasteiger partial charge in [-0.3, -0.25) is 10.2 Å². The van der Waals surface area contributed by atoms with Crippen LogP contribution in [-0.4, -0.2) is 30.2 Å². The van der Waals surface area contributed by atoms with Gasteiger partial charge in [0.1, 0.15) is 0 Å². The zero-order valence-electron chi connectivity index (χ0n) is 7.05. The lowest BCUT2D eigenvalue weighted by atomic mass is 10.2. The zero-order valence-corrected chi connectivity index (χ0v) is 7.05. The molecule has 0 aliphatic heterocycles. The molecule has 11 heavy (non-hydrogen) atoms. The van der Waals surface area contributed by atoms with Crippen molar-refractivity contribution in [3.8, 4) is 0 Å². The molecule has 4 heteroatoms. The Labute approximate surface area is 66.9 Å². The van der Waals surface area contributed by atoms with Crippen LogP contribution in [0.1, 0.15) is 19.8 Å². The number of rotatable bonds is 4.